The lowest BCUT2D eigenvalue weighted by atomic mass is 9.77. The monoisotopic (exact) mass is 280 g/mol. The van der Waals surface area contributed by atoms with Gasteiger partial charge in [0.25, 0.3) is 0 Å². The van der Waals surface area contributed by atoms with Crippen LogP contribution >= 0.6 is 0 Å². The third-order valence-electron chi connectivity index (χ3n) is 5.57. The lowest BCUT2D eigenvalue weighted by Crippen LogP contribution is -2.70. The maximum absolute atomic E-state index is 12.8. The predicted molar refractivity (Wildman–Crippen MR) is 79.1 cm³/mol. The normalized spacial score (nSPS) is 42.5. The highest BCUT2D eigenvalue weighted by Gasteiger charge is 2.48. The van der Waals surface area contributed by atoms with E-state index in [0.29, 0.717) is 18.3 Å². The van der Waals surface area contributed by atoms with E-state index in [4.69, 9.17) is 0 Å². The van der Waals surface area contributed by atoms with Gasteiger partial charge in [0.1, 0.15) is 11.6 Å². The van der Waals surface area contributed by atoms with Gasteiger partial charge < -0.3 is 10.2 Å². The molecule has 20 heavy (non-hydrogen) atoms. The van der Waals surface area contributed by atoms with Gasteiger partial charge in [0.2, 0.25) is 11.8 Å². The fourth-order valence-electron chi connectivity index (χ4n) is 3.51. The molecule has 2 rings (SSSR count). The van der Waals surface area contributed by atoms with Crippen molar-refractivity contribution in [3.8, 4) is 0 Å². The molecule has 4 heteroatoms. The van der Waals surface area contributed by atoms with Crippen LogP contribution in [0.1, 0.15) is 60.3 Å². The Hall–Kier alpha value is -1.06. The van der Waals surface area contributed by atoms with E-state index in [-0.39, 0.29) is 23.9 Å². The predicted octanol–water partition coefficient (Wildman–Crippen LogP) is 2.33. The molecule has 0 bridgehead atoms. The zero-order valence-electron chi connectivity index (χ0n) is 13.4. The summed E-state index contributed by atoms with van der Waals surface area (Å²) in [5.41, 5.74) is -0.726. The highest BCUT2D eigenvalue weighted by atomic mass is 16.2. The number of hydrogen-bond acceptors (Lipinski definition) is 2. The number of carbonyl (C=O) groups excluding carboxylic acids is 2. The quantitative estimate of drug-likeness (QED) is 0.844. The van der Waals surface area contributed by atoms with Gasteiger partial charge >= 0.3 is 0 Å². The SMILES string of the molecule is CCC1(C)NC(=O)C(C)N(C2CCC(C)C(C)C2)C1=O. The molecule has 0 aromatic heterocycles. The fraction of sp³-hybridized carbons (Fsp3) is 0.875. The minimum Gasteiger partial charge on any atom is -0.340 e. The second kappa shape index (κ2) is 5.38. The summed E-state index contributed by atoms with van der Waals surface area (Å²) >= 11 is 0. The summed E-state index contributed by atoms with van der Waals surface area (Å²) in [7, 11) is 0. The molecule has 2 fully saturated rings. The molecule has 1 saturated carbocycles. The van der Waals surface area contributed by atoms with E-state index in [0.717, 1.165) is 19.3 Å². The first kappa shape index (κ1) is 15.3. The van der Waals surface area contributed by atoms with Crippen molar-refractivity contribution < 1.29 is 9.59 Å². The summed E-state index contributed by atoms with van der Waals surface area (Å²) in [5, 5.41) is 2.90. The second-order valence-corrected chi connectivity index (χ2v) is 6.98. The molecule has 0 spiro atoms. The molecule has 1 aliphatic carbocycles. The van der Waals surface area contributed by atoms with E-state index in [1.807, 2.05) is 25.7 Å². The topological polar surface area (TPSA) is 49.4 Å². The van der Waals surface area contributed by atoms with Gasteiger partial charge in [-0.2, -0.15) is 0 Å². The second-order valence-electron chi connectivity index (χ2n) is 6.98. The highest BCUT2D eigenvalue weighted by Crippen LogP contribution is 2.35. The Morgan fingerprint density at radius 1 is 1.20 bits per heavy atom. The summed E-state index contributed by atoms with van der Waals surface area (Å²) in [4.78, 5) is 26.9. The molecular weight excluding hydrogens is 252 g/mol. The third-order valence-corrected chi connectivity index (χ3v) is 5.57. The van der Waals surface area contributed by atoms with E-state index in [2.05, 4.69) is 19.2 Å². The van der Waals surface area contributed by atoms with Crippen LogP contribution < -0.4 is 5.32 Å². The lowest BCUT2D eigenvalue weighted by molar-refractivity contribution is -0.158. The van der Waals surface area contributed by atoms with Crippen LogP contribution in [-0.2, 0) is 9.59 Å². The molecule has 1 N–H and O–H groups in total. The summed E-state index contributed by atoms with van der Waals surface area (Å²) in [6, 6.07) is -0.117. The van der Waals surface area contributed by atoms with E-state index < -0.39 is 5.54 Å². The first-order valence-electron chi connectivity index (χ1n) is 7.95. The molecule has 1 aliphatic heterocycles. The Kier molecular flexibility index (Phi) is 4.12. The van der Waals surface area contributed by atoms with Gasteiger partial charge in [0, 0.05) is 6.04 Å². The number of hydrogen-bond donors (Lipinski definition) is 1. The van der Waals surface area contributed by atoms with Crippen molar-refractivity contribution in [2.45, 2.75) is 77.9 Å². The Balaban J connectivity index is 2.23. The van der Waals surface area contributed by atoms with Gasteiger partial charge in [0.15, 0.2) is 0 Å². The van der Waals surface area contributed by atoms with Crippen LogP contribution in [-0.4, -0.2) is 34.3 Å². The lowest BCUT2D eigenvalue weighted by Gasteiger charge is -2.48. The minimum atomic E-state index is -0.726. The van der Waals surface area contributed by atoms with E-state index in [1.165, 1.54) is 0 Å². The molecule has 0 aromatic rings. The van der Waals surface area contributed by atoms with Crippen molar-refractivity contribution in [3.63, 3.8) is 0 Å². The molecule has 5 unspecified atom stereocenters. The number of amides is 2. The summed E-state index contributed by atoms with van der Waals surface area (Å²) in [6.45, 7) is 10.2. The maximum Gasteiger partial charge on any atom is 0.248 e. The summed E-state index contributed by atoms with van der Waals surface area (Å²) in [6.07, 6.45) is 3.82. The molecule has 0 aromatic carbocycles. The Bertz CT molecular complexity index is 409. The Morgan fingerprint density at radius 3 is 2.40 bits per heavy atom. The minimum absolute atomic E-state index is 0.0137. The average Bonchev–Trinajstić information content (AvgIpc) is 2.41. The first-order valence-corrected chi connectivity index (χ1v) is 7.95. The highest BCUT2D eigenvalue weighted by molar-refractivity contribution is 5.99. The molecule has 5 atom stereocenters. The summed E-state index contributed by atoms with van der Waals surface area (Å²) in [5.74, 6) is 1.42. The molecular formula is C16H28N2O2. The van der Waals surface area contributed by atoms with Crippen molar-refractivity contribution in [3.05, 3.63) is 0 Å². The zero-order chi connectivity index (χ0) is 15.1. The van der Waals surface area contributed by atoms with E-state index in [1.54, 1.807) is 0 Å². The van der Waals surface area contributed by atoms with Crippen molar-refractivity contribution in [1.29, 1.82) is 0 Å². The van der Waals surface area contributed by atoms with Crippen molar-refractivity contribution >= 4 is 11.8 Å². The largest absolute Gasteiger partial charge is 0.340 e. The van der Waals surface area contributed by atoms with Crippen LogP contribution in [0.4, 0.5) is 0 Å². The molecule has 2 amide bonds. The van der Waals surface area contributed by atoms with Gasteiger partial charge in [0.05, 0.1) is 0 Å². The number of nitrogens with zero attached hydrogens (tertiary/aromatic N) is 1. The molecule has 0 radical (unpaired) electrons. The third kappa shape index (κ3) is 2.45. The number of nitrogens with one attached hydrogen (secondary N) is 1. The number of piperazine rings is 1. The fourth-order valence-corrected chi connectivity index (χ4v) is 3.51. The van der Waals surface area contributed by atoms with Gasteiger partial charge in [-0.15, -0.1) is 0 Å². The first-order chi connectivity index (χ1) is 9.30. The van der Waals surface area contributed by atoms with E-state index >= 15 is 0 Å². The number of carbonyl (C=O) groups is 2. The molecule has 4 nitrogen and oxygen atoms in total. The van der Waals surface area contributed by atoms with Crippen LogP contribution in [0.25, 0.3) is 0 Å². The molecule has 1 saturated heterocycles. The van der Waals surface area contributed by atoms with Crippen molar-refractivity contribution in [2.75, 3.05) is 0 Å². The van der Waals surface area contributed by atoms with E-state index in [9.17, 15) is 9.59 Å². The maximum atomic E-state index is 12.8. The molecule has 1 heterocycles. The smallest absolute Gasteiger partial charge is 0.248 e. The van der Waals surface area contributed by atoms with Crippen LogP contribution in [0.5, 0.6) is 0 Å². The van der Waals surface area contributed by atoms with Gasteiger partial charge in [-0.3, -0.25) is 9.59 Å². The summed E-state index contributed by atoms with van der Waals surface area (Å²) < 4.78 is 0. The molecule has 2 aliphatic rings. The van der Waals surface area contributed by atoms with Gasteiger partial charge in [-0.05, 0) is 51.4 Å². The van der Waals surface area contributed by atoms with Crippen LogP contribution in [0, 0.1) is 11.8 Å². The standard InChI is InChI=1S/C16H28N2O2/c1-6-16(5)15(20)18(12(4)14(19)17-16)13-8-7-10(2)11(3)9-13/h10-13H,6-9H2,1-5H3,(H,17,19). The van der Waals surface area contributed by atoms with Crippen LogP contribution in [0.2, 0.25) is 0 Å². The van der Waals surface area contributed by atoms with Crippen molar-refractivity contribution in [2.24, 2.45) is 11.8 Å². The van der Waals surface area contributed by atoms with Gasteiger partial charge in [-0.25, -0.2) is 0 Å². The van der Waals surface area contributed by atoms with Gasteiger partial charge in [-0.1, -0.05) is 20.8 Å². The Labute approximate surface area is 122 Å². The molecule has 114 valence electrons. The van der Waals surface area contributed by atoms with Crippen LogP contribution in [0.3, 0.4) is 0 Å². The average molecular weight is 280 g/mol. The van der Waals surface area contributed by atoms with Crippen LogP contribution in [0.15, 0.2) is 0 Å². The van der Waals surface area contributed by atoms with Crippen molar-refractivity contribution in [1.82, 2.24) is 10.2 Å². The number of rotatable bonds is 2. The zero-order valence-corrected chi connectivity index (χ0v) is 13.4. The Morgan fingerprint density at radius 2 is 1.85 bits per heavy atom.